The number of rotatable bonds is 4. The van der Waals surface area contributed by atoms with Crippen LogP contribution in [0.2, 0.25) is 18.1 Å². The molecule has 138 valence electrons. The smallest absolute Gasteiger partial charge is 0.192 e. The van der Waals surface area contributed by atoms with Crippen molar-refractivity contribution >= 4 is 41.1 Å². The highest BCUT2D eigenvalue weighted by Gasteiger charge is 2.38. The van der Waals surface area contributed by atoms with E-state index in [0.29, 0.717) is 12.4 Å². The van der Waals surface area contributed by atoms with Gasteiger partial charge in [0.15, 0.2) is 8.32 Å². The van der Waals surface area contributed by atoms with E-state index in [1.807, 2.05) is 10.8 Å². The molecule has 1 aliphatic rings. The Labute approximate surface area is 158 Å². The fraction of sp³-hybridized carbons (Fsp3) is 0.647. The van der Waals surface area contributed by atoms with Crippen molar-refractivity contribution in [2.45, 2.75) is 64.1 Å². The highest BCUT2D eigenvalue weighted by Crippen LogP contribution is 2.39. The van der Waals surface area contributed by atoms with Crippen LogP contribution in [0.1, 0.15) is 39.8 Å². The number of hydrogen-bond acceptors (Lipinski definition) is 5. The van der Waals surface area contributed by atoms with E-state index in [9.17, 15) is 0 Å². The average Bonchev–Trinajstić information content (AvgIpc) is 3.09. The first-order valence-corrected chi connectivity index (χ1v) is 12.4. The summed E-state index contributed by atoms with van der Waals surface area (Å²) >= 11 is 3.55. The minimum Gasteiger partial charge on any atom is -0.414 e. The Balaban J connectivity index is 1.71. The van der Waals surface area contributed by atoms with Gasteiger partial charge in [-0.1, -0.05) is 20.8 Å². The maximum absolute atomic E-state index is 6.32. The molecule has 1 aliphatic heterocycles. The van der Waals surface area contributed by atoms with E-state index in [-0.39, 0.29) is 17.4 Å². The quantitative estimate of drug-likeness (QED) is 0.729. The molecule has 8 heteroatoms. The Morgan fingerprint density at radius 3 is 2.76 bits per heavy atom. The number of nitrogens with two attached hydrogens (primary N) is 1. The summed E-state index contributed by atoms with van der Waals surface area (Å²) in [7, 11) is -1.75. The van der Waals surface area contributed by atoms with Crippen molar-refractivity contribution in [3.05, 3.63) is 17.0 Å². The van der Waals surface area contributed by atoms with Crippen LogP contribution < -0.4 is 5.73 Å². The van der Waals surface area contributed by atoms with E-state index in [1.54, 1.807) is 0 Å². The number of nitrogen functional groups attached to an aromatic ring is 1. The highest BCUT2D eigenvalue weighted by atomic mass is 79.9. The molecule has 1 fully saturated rings. The monoisotopic (exact) mass is 426 g/mol. The van der Waals surface area contributed by atoms with Gasteiger partial charge in [0.1, 0.15) is 24.0 Å². The molecule has 0 saturated carbocycles. The van der Waals surface area contributed by atoms with Gasteiger partial charge in [0.2, 0.25) is 0 Å². The number of aromatic nitrogens is 3. The lowest BCUT2D eigenvalue weighted by Gasteiger charge is -2.36. The summed E-state index contributed by atoms with van der Waals surface area (Å²) in [6, 6.07) is 0. The molecule has 6 nitrogen and oxygen atoms in total. The van der Waals surface area contributed by atoms with Crippen molar-refractivity contribution in [1.29, 1.82) is 0 Å². The summed E-state index contributed by atoms with van der Waals surface area (Å²) in [4.78, 5) is 8.46. The molecule has 1 saturated heterocycles. The number of nitrogens with zero attached hydrogens (tertiary/aromatic N) is 3. The molecule has 0 bridgehead atoms. The van der Waals surface area contributed by atoms with Crippen molar-refractivity contribution in [2.24, 2.45) is 0 Å². The van der Waals surface area contributed by atoms with Crippen molar-refractivity contribution in [3.8, 4) is 0 Å². The Kier molecular flexibility index (Phi) is 5.00. The van der Waals surface area contributed by atoms with Crippen LogP contribution in [-0.2, 0) is 9.16 Å². The summed E-state index contributed by atoms with van der Waals surface area (Å²) < 4.78 is 15.5. The first kappa shape index (κ1) is 18.8. The second-order valence-corrected chi connectivity index (χ2v) is 13.9. The van der Waals surface area contributed by atoms with Gasteiger partial charge in [0.05, 0.1) is 18.1 Å². The summed E-state index contributed by atoms with van der Waals surface area (Å²) in [5.41, 5.74) is 6.78. The average molecular weight is 427 g/mol. The maximum Gasteiger partial charge on any atom is 0.192 e. The topological polar surface area (TPSA) is 75.2 Å². The third-order valence-corrected chi connectivity index (χ3v) is 10.5. The highest BCUT2D eigenvalue weighted by molar-refractivity contribution is 9.10. The Bertz CT molecular complexity index is 772. The van der Waals surface area contributed by atoms with Gasteiger partial charge in [-0.3, -0.25) is 0 Å². The molecule has 0 radical (unpaired) electrons. The molecule has 2 aromatic heterocycles. The molecule has 3 rings (SSSR count). The van der Waals surface area contributed by atoms with Crippen molar-refractivity contribution in [1.82, 2.24) is 14.5 Å². The fourth-order valence-electron chi connectivity index (χ4n) is 2.81. The van der Waals surface area contributed by atoms with Crippen LogP contribution >= 0.6 is 15.9 Å². The molecule has 0 spiro atoms. The van der Waals surface area contributed by atoms with E-state index in [1.165, 1.54) is 6.33 Å². The molecular weight excluding hydrogens is 400 g/mol. The Hall–Kier alpha value is -0.963. The summed E-state index contributed by atoms with van der Waals surface area (Å²) in [6.45, 7) is 12.0. The van der Waals surface area contributed by atoms with Crippen LogP contribution in [0.25, 0.3) is 11.0 Å². The second kappa shape index (κ2) is 6.64. The van der Waals surface area contributed by atoms with Crippen LogP contribution in [0, 0.1) is 0 Å². The van der Waals surface area contributed by atoms with Gasteiger partial charge in [0, 0.05) is 10.7 Å². The minimum atomic E-state index is -1.75. The molecule has 2 atom stereocenters. The van der Waals surface area contributed by atoms with Gasteiger partial charge in [-0.05, 0) is 46.9 Å². The first-order valence-electron chi connectivity index (χ1n) is 8.66. The van der Waals surface area contributed by atoms with Crippen LogP contribution in [-0.4, -0.2) is 35.6 Å². The molecule has 2 N–H and O–H groups in total. The van der Waals surface area contributed by atoms with Crippen LogP contribution in [0.5, 0.6) is 0 Å². The van der Waals surface area contributed by atoms with Crippen LogP contribution in [0.4, 0.5) is 5.82 Å². The predicted octanol–water partition coefficient (Wildman–Crippen LogP) is 4.48. The minimum absolute atomic E-state index is 0.0453. The Morgan fingerprint density at radius 2 is 2.08 bits per heavy atom. The molecule has 0 unspecified atom stereocenters. The molecular formula is C17H27BrN4O2Si. The molecule has 25 heavy (non-hydrogen) atoms. The SMILES string of the molecule is CC(C)(C)[Si](C)(C)OC[C@@H]1CC[C@H](n2cc(Br)c3c(N)ncnc32)O1. The standard InChI is InChI=1S/C17H27BrN4O2Si/c1-17(2,3)25(4,5)23-9-11-6-7-13(24-11)22-8-12(18)14-15(19)20-10-21-16(14)22/h8,10-11,13H,6-7,9H2,1-5H3,(H2,19,20,21)/t11-,13+/m0/s1. The number of halogens is 1. The largest absolute Gasteiger partial charge is 0.414 e. The van der Waals surface area contributed by atoms with Gasteiger partial charge in [-0.2, -0.15) is 0 Å². The second-order valence-electron chi connectivity index (χ2n) is 8.20. The maximum atomic E-state index is 6.32. The number of anilines is 1. The van der Waals surface area contributed by atoms with E-state index < -0.39 is 8.32 Å². The van der Waals surface area contributed by atoms with Crippen molar-refractivity contribution in [2.75, 3.05) is 12.3 Å². The summed E-state index contributed by atoms with van der Waals surface area (Å²) in [6.07, 6.45) is 5.47. The molecule has 0 aromatic carbocycles. The van der Waals surface area contributed by atoms with E-state index >= 15 is 0 Å². The van der Waals surface area contributed by atoms with Crippen molar-refractivity contribution < 1.29 is 9.16 Å². The van der Waals surface area contributed by atoms with E-state index in [4.69, 9.17) is 14.9 Å². The predicted molar refractivity (Wildman–Crippen MR) is 106 cm³/mol. The number of ether oxygens (including phenoxy) is 1. The zero-order valence-electron chi connectivity index (χ0n) is 15.5. The van der Waals surface area contributed by atoms with Gasteiger partial charge >= 0.3 is 0 Å². The first-order chi connectivity index (χ1) is 11.6. The lowest BCUT2D eigenvalue weighted by molar-refractivity contribution is -0.0180. The third-order valence-electron chi connectivity index (χ3n) is 5.42. The van der Waals surface area contributed by atoms with Gasteiger partial charge < -0.3 is 19.5 Å². The zero-order valence-corrected chi connectivity index (χ0v) is 18.1. The molecule has 0 amide bonds. The number of hydrogen-bond donors (Lipinski definition) is 1. The van der Waals surface area contributed by atoms with E-state index in [0.717, 1.165) is 28.3 Å². The summed E-state index contributed by atoms with van der Waals surface area (Å²) in [5, 5.41) is 1.05. The van der Waals surface area contributed by atoms with E-state index in [2.05, 4.69) is 59.8 Å². The number of fused-ring (bicyclic) bond motifs is 1. The summed E-state index contributed by atoms with van der Waals surface area (Å²) in [5.74, 6) is 0.478. The van der Waals surface area contributed by atoms with Crippen molar-refractivity contribution in [3.63, 3.8) is 0 Å². The van der Waals surface area contributed by atoms with Gasteiger partial charge in [-0.25, -0.2) is 9.97 Å². The fourth-order valence-corrected chi connectivity index (χ4v) is 4.45. The van der Waals surface area contributed by atoms with Gasteiger partial charge in [-0.15, -0.1) is 0 Å². The third kappa shape index (κ3) is 3.62. The lowest BCUT2D eigenvalue weighted by Crippen LogP contribution is -2.42. The normalized spacial score (nSPS) is 22.0. The molecule has 0 aliphatic carbocycles. The Morgan fingerprint density at radius 1 is 1.36 bits per heavy atom. The van der Waals surface area contributed by atoms with Gasteiger partial charge in [0.25, 0.3) is 0 Å². The van der Waals surface area contributed by atoms with Crippen LogP contribution in [0.15, 0.2) is 17.0 Å². The zero-order chi connectivity index (χ0) is 18.4. The molecule has 2 aromatic rings. The van der Waals surface area contributed by atoms with Crippen LogP contribution in [0.3, 0.4) is 0 Å². The molecule has 3 heterocycles. The lowest BCUT2D eigenvalue weighted by atomic mass is 10.2.